The Kier molecular flexibility index (Phi) is 4.95. The minimum atomic E-state index is -0.996. The number of aromatic nitrogens is 1. The predicted molar refractivity (Wildman–Crippen MR) is 75.7 cm³/mol. The highest BCUT2D eigenvalue weighted by Gasteiger charge is 2.27. The second-order valence-corrected chi connectivity index (χ2v) is 5.24. The van der Waals surface area contributed by atoms with Crippen LogP contribution >= 0.6 is 0 Å². The molecular formula is C14H21N3O4. The zero-order valence-electron chi connectivity index (χ0n) is 12.4. The highest BCUT2D eigenvalue weighted by molar-refractivity contribution is 5.95. The van der Waals surface area contributed by atoms with Gasteiger partial charge in [0.2, 0.25) is 5.91 Å². The van der Waals surface area contributed by atoms with Gasteiger partial charge >= 0.3 is 0 Å². The number of aliphatic hydroxyl groups excluding tert-OH is 1. The van der Waals surface area contributed by atoms with Crippen molar-refractivity contribution in [2.45, 2.75) is 45.6 Å². The Morgan fingerprint density at radius 2 is 2.29 bits per heavy atom. The number of nitrogens with zero attached hydrogens (tertiary/aromatic N) is 2. The number of nitrogens with one attached hydrogen (secondary N) is 1. The van der Waals surface area contributed by atoms with Gasteiger partial charge in [-0.2, -0.15) is 0 Å². The first-order chi connectivity index (χ1) is 10.0. The summed E-state index contributed by atoms with van der Waals surface area (Å²) >= 11 is 0. The average molecular weight is 295 g/mol. The number of hydrogen-bond donors (Lipinski definition) is 2. The third kappa shape index (κ3) is 3.60. The van der Waals surface area contributed by atoms with E-state index in [0.717, 1.165) is 12.8 Å². The summed E-state index contributed by atoms with van der Waals surface area (Å²) in [4.78, 5) is 25.4. The van der Waals surface area contributed by atoms with Crippen LogP contribution in [0.1, 0.15) is 37.6 Å². The van der Waals surface area contributed by atoms with Crippen molar-refractivity contribution in [2.24, 2.45) is 0 Å². The topological polar surface area (TPSA) is 95.7 Å². The van der Waals surface area contributed by atoms with Gasteiger partial charge in [0, 0.05) is 13.0 Å². The highest BCUT2D eigenvalue weighted by Crippen LogP contribution is 2.20. The number of aliphatic hydroxyl groups is 1. The third-order valence-electron chi connectivity index (χ3n) is 3.61. The minimum Gasteiger partial charge on any atom is -0.383 e. The zero-order chi connectivity index (χ0) is 15.4. The van der Waals surface area contributed by atoms with Crippen molar-refractivity contribution in [1.29, 1.82) is 0 Å². The van der Waals surface area contributed by atoms with E-state index in [0.29, 0.717) is 36.5 Å². The average Bonchev–Trinajstić information content (AvgIpc) is 2.73. The van der Waals surface area contributed by atoms with Gasteiger partial charge in [-0.15, -0.1) is 0 Å². The van der Waals surface area contributed by atoms with Crippen LogP contribution in [0, 0.1) is 6.92 Å². The van der Waals surface area contributed by atoms with E-state index in [-0.39, 0.29) is 18.4 Å². The summed E-state index contributed by atoms with van der Waals surface area (Å²) in [7, 11) is 0. The molecule has 1 atom stereocenters. The molecule has 1 aliphatic heterocycles. The van der Waals surface area contributed by atoms with Crippen LogP contribution in [0.4, 0.5) is 5.69 Å². The largest absolute Gasteiger partial charge is 0.383 e. The lowest BCUT2D eigenvalue weighted by Crippen LogP contribution is -2.42. The zero-order valence-corrected chi connectivity index (χ0v) is 12.4. The SMILES string of the molecule is CCc1onc(C)c1NC(=O)CN1CCCCC(O)C1=O. The molecule has 21 heavy (non-hydrogen) atoms. The van der Waals surface area contributed by atoms with Gasteiger partial charge in [0.05, 0.1) is 6.54 Å². The van der Waals surface area contributed by atoms with Gasteiger partial charge in [-0.25, -0.2) is 0 Å². The van der Waals surface area contributed by atoms with Gasteiger partial charge in [-0.1, -0.05) is 12.1 Å². The molecule has 0 bridgehead atoms. The number of hydrogen-bond acceptors (Lipinski definition) is 5. The maximum absolute atomic E-state index is 12.1. The van der Waals surface area contributed by atoms with Crippen molar-refractivity contribution in [3.8, 4) is 0 Å². The maximum Gasteiger partial charge on any atom is 0.251 e. The van der Waals surface area contributed by atoms with Crippen LogP contribution < -0.4 is 5.32 Å². The summed E-state index contributed by atoms with van der Waals surface area (Å²) in [6.07, 6.45) is 1.67. The molecule has 1 fully saturated rings. The second kappa shape index (κ2) is 6.71. The Bertz CT molecular complexity index is 526. The van der Waals surface area contributed by atoms with Crippen LogP contribution in [0.3, 0.4) is 0 Å². The molecule has 2 amide bonds. The van der Waals surface area contributed by atoms with E-state index in [1.807, 2.05) is 6.92 Å². The Morgan fingerprint density at radius 3 is 3.00 bits per heavy atom. The van der Waals surface area contributed by atoms with Gasteiger partial charge in [-0.05, 0) is 26.2 Å². The predicted octanol–water partition coefficient (Wildman–Crippen LogP) is 0.857. The lowest BCUT2D eigenvalue weighted by atomic mass is 10.2. The Morgan fingerprint density at radius 1 is 1.52 bits per heavy atom. The fraction of sp³-hybridized carbons (Fsp3) is 0.643. The molecular weight excluding hydrogens is 274 g/mol. The van der Waals surface area contributed by atoms with E-state index < -0.39 is 6.10 Å². The Hall–Kier alpha value is -1.89. The van der Waals surface area contributed by atoms with E-state index in [1.54, 1.807) is 6.92 Å². The molecule has 0 radical (unpaired) electrons. The van der Waals surface area contributed by atoms with E-state index in [4.69, 9.17) is 4.52 Å². The van der Waals surface area contributed by atoms with E-state index in [2.05, 4.69) is 10.5 Å². The molecule has 1 aromatic heterocycles. The molecule has 2 N–H and O–H groups in total. The first kappa shape index (κ1) is 15.5. The van der Waals surface area contributed by atoms with Crippen LogP contribution in [-0.4, -0.2) is 46.2 Å². The van der Waals surface area contributed by atoms with Gasteiger partial charge in [0.25, 0.3) is 5.91 Å². The number of rotatable bonds is 4. The van der Waals surface area contributed by atoms with Crippen molar-refractivity contribution in [1.82, 2.24) is 10.1 Å². The fourth-order valence-electron chi connectivity index (χ4n) is 2.41. The molecule has 116 valence electrons. The van der Waals surface area contributed by atoms with Crippen molar-refractivity contribution in [3.63, 3.8) is 0 Å². The summed E-state index contributed by atoms with van der Waals surface area (Å²) in [5.74, 6) is -0.0677. The molecule has 0 aliphatic carbocycles. The summed E-state index contributed by atoms with van der Waals surface area (Å²) in [6.45, 7) is 4.08. The number of carbonyl (C=O) groups is 2. The van der Waals surface area contributed by atoms with Crippen molar-refractivity contribution in [2.75, 3.05) is 18.4 Å². The molecule has 0 spiro atoms. The summed E-state index contributed by atoms with van der Waals surface area (Å²) in [6, 6.07) is 0. The molecule has 0 aromatic carbocycles. The van der Waals surface area contributed by atoms with Gasteiger partial charge in [-0.3, -0.25) is 9.59 Å². The number of anilines is 1. The van der Waals surface area contributed by atoms with Crippen LogP contribution in [0.5, 0.6) is 0 Å². The van der Waals surface area contributed by atoms with Crippen molar-refractivity contribution >= 4 is 17.5 Å². The third-order valence-corrected chi connectivity index (χ3v) is 3.61. The maximum atomic E-state index is 12.1. The quantitative estimate of drug-likeness (QED) is 0.859. The molecule has 0 saturated carbocycles. The molecule has 7 nitrogen and oxygen atoms in total. The molecule has 1 saturated heterocycles. The lowest BCUT2D eigenvalue weighted by molar-refractivity contribution is -0.141. The summed E-state index contributed by atoms with van der Waals surface area (Å²) < 4.78 is 5.11. The van der Waals surface area contributed by atoms with Crippen LogP contribution in [0.25, 0.3) is 0 Å². The molecule has 2 rings (SSSR count). The van der Waals surface area contributed by atoms with Gasteiger partial charge in [0.1, 0.15) is 17.5 Å². The molecule has 1 aliphatic rings. The normalized spacial score (nSPS) is 19.5. The van der Waals surface area contributed by atoms with E-state index >= 15 is 0 Å². The van der Waals surface area contributed by atoms with E-state index in [9.17, 15) is 14.7 Å². The van der Waals surface area contributed by atoms with E-state index in [1.165, 1.54) is 4.90 Å². The molecule has 7 heteroatoms. The van der Waals surface area contributed by atoms with Crippen LogP contribution in [-0.2, 0) is 16.0 Å². The minimum absolute atomic E-state index is 0.0658. The number of amides is 2. The van der Waals surface area contributed by atoms with Gasteiger partial charge < -0.3 is 19.8 Å². The van der Waals surface area contributed by atoms with Crippen LogP contribution in [0.2, 0.25) is 0 Å². The number of carbonyl (C=O) groups excluding carboxylic acids is 2. The molecule has 1 unspecified atom stereocenters. The van der Waals surface area contributed by atoms with Crippen molar-refractivity contribution < 1.29 is 19.2 Å². The van der Waals surface area contributed by atoms with Gasteiger partial charge in [0.15, 0.2) is 5.76 Å². The first-order valence-corrected chi connectivity index (χ1v) is 7.24. The van der Waals surface area contributed by atoms with Crippen molar-refractivity contribution in [3.05, 3.63) is 11.5 Å². The second-order valence-electron chi connectivity index (χ2n) is 5.24. The molecule has 1 aromatic rings. The summed E-state index contributed by atoms with van der Waals surface area (Å²) in [5.41, 5.74) is 1.19. The number of likely N-dealkylation sites (tertiary alicyclic amines) is 1. The molecule has 2 heterocycles. The standard InChI is InChI=1S/C14H21N3O4/c1-3-11-13(9(2)16-21-11)15-12(19)8-17-7-5-4-6-10(18)14(17)20/h10,18H,3-8H2,1-2H3,(H,15,19). The first-order valence-electron chi connectivity index (χ1n) is 7.24. The summed E-state index contributed by atoms with van der Waals surface area (Å²) in [5, 5.41) is 16.2. The number of aryl methyl sites for hydroxylation is 2. The Balaban J connectivity index is 2.00. The fourth-order valence-corrected chi connectivity index (χ4v) is 2.41. The monoisotopic (exact) mass is 295 g/mol. The highest BCUT2D eigenvalue weighted by atomic mass is 16.5. The lowest BCUT2D eigenvalue weighted by Gasteiger charge is -2.21. The smallest absolute Gasteiger partial charge is 0.251 e. The Labute approximate surface area is 123 Å². The van der Waals surface area contributed by atoms with Crippen LogP contribution in [0.15, 0.2) is 4.52 Å².